The summed E-state index contributed by atoms with van der Waals surface area (Å²) in [5.41, 5.74) is 2.70. The highest BCUT2D eigenvalue weighted by Crippen LogP contribution is 2.33. The zero-order valence-corrected chi connectivity index (χ0v) is 17.3. The SMILES string of the molecule is CCN(C(=O)c1cc(C(C)C)c(O)cc1O)c1cccc(CC2CNCCO2)c1. The van der Waals surface area contributed by atoms with Gasteiger partial charge in [0.05, 0.1) is 18.3 Å². The van der Waals surface area contributed by atoms with Gasteiger partial charge in [0.1, 0.15) is 11.5 Å². The second-order valence-electron chi connectivity index (χ2n) is 7.70. The Labute approximate surface area is 172 Å². The third-order valence-electron chi connectivity index (χ3n) is 5.25. The second kappa shape index (κ2) is 9.29. The van der Waals surface area contributed by atoms with Crippen molar-refractivity contribution < 1.29 is 19.7 Å². The number of phenolic OH excluding ortho intramolecular Hbond substituents is 2. The fourth-order valence-corrected chi connectivity index (χ4v) is 3.68. The van der Waals surface area contributed by atoms with Crippen molar-refractivity contribution in [3.05, 3.63) is 53.1 Å². The Kier molecular flexibility index (Phi) is 6.77. The van der Waals surface area contributed by atoms with Crippen LogP contribution in [0.4, 0.5) is 5.69 Å². The van der Waals surface area contributed by atoms with E-state index in [9.17, 15) is 15.0 Å². The molecule has 1 atom stereocenters. The van der Waals surface area contributed by atoms with Gasteiger partial charge in [-0.05, 0) is 48.6 Å². The van der Waals surface area contributed by atoms with Crippen molar-refractivity contribution in [1.29, 1.82) is 0 Å². The molecule has 0 bridgehead atoms. The maximum atomic E-state index is 13.2. The summed E-state index contributed by atoms with van der Waals surface area (Å²) in [6.45, 7) is 8.64. The van der Waals surface area contributed by atoms with Gasteiger partial charge in [0.25, 0.3) is 5.91 Å². The predicted octanol–water partition coefficient (Wildman–Crippen LogP) is 3.42. The average molecular weight is 399 g/mol. The average Bonchev–Trinajstić information content (AvgIpc) is 2.69. The monoisotopic (exact) mass is 398 g/mol. The molecule has 1 unspecified atom stereocenters. The Hall–Kier alpha value is -2.57. The molecule has 1 aliphatic rings. The number of nitrogens with zero attached hydrogens (tertiary/aromatic N) is 1. The molecular formula is C23H30N2O4. The number of anilines is 1. The normalized spacial score (nSPS) is 16.8. The maximum absolute atomic E-state index is 13.2. The first kappa shape index (κ1) is 21.1. The fourth-order valence-electron chi connectivity index (χ4n) is 3.68. The number of carbonyl (C=O) groups excluding carboxylic acids is 1. The number of rotatable bonds is 6. The van der Waals surface area contributed by atoms with Crippen LogP contribution < -0.4 is 10.2 Å². The van der Waals surface area contributed by atoms with E-state index >= 15 is 0 Å². The summed E-state index contributed by atoms with van der Waals surface area (Å²) in [7, 11) is 0. The van der Waals surface area contributed by atoms with Crippen molar-refractivity contribution in [1.82, 2.24) is 5.32 Å². The van der Waals surface area contributed by atoms with Gasteiger partial charge < -0.3 is 25.2 Å². The van der Waals surface area contributed by atoms with Crippen LogP contribution in [0.15, 0.2) is 36.4 Å². The molecule has 0 aliphatic carbocycles. The number of nitrogens with one attached hydrogen (secondary N) is 1. The number of ether oxygens (including phenoxy) is 1. The van der Waals surface area contributed by atoms with Crippen LogP contribution in [0.3, 0.4) is 0 Å². The molecule has 3 rings (SSSR count). The van der Waals surface area contributed by atoms with E-state index < -0.39 is 0 Å². The van der Waals surface area contributed by atoms with E-state index in [1.54, 1.807) is 11.0 Å². The molecule has 0 aromatic heterocycles. The summed E-state index contributed by atoms with van der Waals surface area (Å²) in [6.07, 6.45) is 0.897. The largest absolute Gasteiger partial charge is 0.508 e. The third kappa shape index (κ3) is 4.89. The minimum Gasteiger partial charge on any atom is -0.508 e. The molecule has 1 saturated heterocycles. The lowest BCUT2D eigenvalue weighted by Gasteiger charge is -2.25. The first-order valence-corrected chi connectivity index (χ1v) is 10.2. The maximum Gasteiger partial charge on any atom is 0.262 e. The Bertz CT molecular complexity index is 860. The second-order valence-corrected chi connectivity index (χ2v) is 7.70. The Morgan fingerprint density at radius 3 is 2.69 bits per heavy atom. The van der Waals surface area contributed by atoms with Crippen LogP contribution in [0.2, 0.25) is 0 Å². The Morgan fingerprint density at radius 1 is 1.24 bits per heavy atom. The molecule has 0 spiro atoms. The number of hydrogen-bond donors (Lipinski definition) is 3. The van der Waals surface area contributed by atoms with E-state index in [0.29, 0.717) is 18.7 Å². The van der Waals surface area contributed by atoms with Crippen LogP contribution in [0, 0.1) is 0 Å². The van der Waals surface area contributed by atoms with Crippen LogP contribution in [-0.4, -0.2) is 48.5 Å². The fraction of sp³-hybridized carbons (Fsp3) is 0.435. The zero-order chi connectivity index (χ0) is 21.0. The lowest BCUT2D eigenvalue weighted by atomic mass is 9.98. The van der Waals surface area contributed by atoms with Crippen LogP contribution in [-0.2, 0) is 11.2 Å². The zero-order valence-electron chi connectivity index (χ0n) is 17.3. The quantitative estimate of drug-likeness (QED) is 0.695. The molecule has 29 heavy (non-hydrogen) atoms. The van der Waals surface area contributed by atoms with Crippen molar-refractivity contribution >= 4 is 11.6 Å². The van der Waals surface area contributed by atoms with Gasteiger partial charge in [-0.2, -0.15) is 0 Å². The first-order chi connectivity index (χ1) is 13.9. The molecule has 6 nitrogen and oxygen atoms in total. The van der Waals surface area contributed by atoms with Gasteiger partial charge in [0.2, 0.25) is 0 Å². The van der Waals surface area contributed by atoms with E-state index in [1.165, 1.54) is 6.07 Å². The van der Waals surface area contributed by atoms with E-state index in [2.05, 4.69) is 5.32 Å². The van der Waals surface area contributed by atoms with Gasteiger partial charge in [-0.3, -0.25) is 4.79 Å². The van der Waals surface area contributed by atoms with Gasteiger partial charge in [-0.25, -0.2) is 0 Å². The molecule has 3 N–H and O–H groups in total. The van der Waals surface area contributed by atoms with Crippen LogP contribution in [0.5, 0.6) is 11.5 Å². The van der Waals surface area contributed by atoms with E-state index in [1.807, 2.05) is 45.0 Å². The third-order valence-corrected chi connectivity index (χ3v) is 5.25. The van der Waals surface area contributed by atoms with Gasteiger partial charge in [-0.15, -0.1) is 0 Å². The smallest absolute Gasteiger partial charge is 0.262 e. The van der Waals surface area contributed by atoms with Crippen molar-refractivity contribution in [2.75, 3.05) is 31.1 Å². The highest BCUT2D eigenvalue weighted by atomic mass is 16.5. The molecule has 1 aliphatic heterocycles. The lowest BCUT2D eigenvalue weighted by Crippen LogP contribution is -2.39. The van der Waals surface area contributed by atoms with Crippen LogP contribution in [0.1, 0.15) is 48.2 Å². The topological polar surface area (TPSA) is 82.0 Å². The van der Waals surface area contributed by atoms with Gasteiger partial charge in [0.15, 0.2) is 0 Å². The number of carbonyl (C=O) groups is 1. The molecule has 6 heteroatoms. The summed E-state index contributed by atoms with van der Waals surface area (Å²) < 4.78 is 5.79. The van der Waals surface area contributed by atoms with Gasteiger partial charge in [-0.1, -0.05) is 26.0 Å². The van der Waals surface area contributed by atoms with Crippen LogP contribution in [0.25, 0.3) is 0 Å². The van der Waals surface area contributed by atoms with Gasteiger partial charge in [0, 0.05) is 31.4 Å². The molecule has 1 amide bonds. The minimum absolute atomic E-state index is 0.000173. The minimum atomic E-state index is -0.292. The highest BCUT2D eigenvalue weighted by molar-refractivity contribution is 6.08. The number of hydrogen-bond acceptors (Lipinski definition) is 5. The Morgan fingerprint density at radius 2 is 2.03 bits per heavy atom. The van der Waals surface area contributed by atoms with E-state index in [4.69, 9.17) is 4.74 Å². The molecule has 2 aromatic carbocycles. The van der Waals surface area contributed by atoms with E-state index in [-0.39, 0.29) is 35.0 Å². The molecule has 1 heterocycles. The molecule has 1 fully saturated rings. The summed E-state index contributed by atoms with van der Waals surface area (Å²) in [4.78, 5) is 14.9. The van der Waals surface area contributed by atoms with Crippen molar-refractivity contribution in [2.45, 2.75) is 39.2 Å². The van der Waals surface area contributed by atoms with Crippen LogP contribution >= 0.6 is 0 Å². The molecule has 0 radical (unpaired) electrons. The molecular weight excluding hydrogens is 368 g/mol. The summed E-state index contributed by atoms with van der Waals surface area (Å²) in [5, 5.41) is 23.7. The summed E-state index contributed by atoms with van der Waals surface area (Å²) in [6, 6.07) is 10.7. The number of benzene rings is 2. The molecule has 2 aromatic rings. The standard InChI is InChI=1S/C23H30N2O4/c1-4-25(23(28)20-12-19(15(2)3)21(26)13-22(20)27)17-7-5-6-16(10-17)11-18-14-24-8-9-29-18/h5-7,10,12-13,15,18,24,26-27H,4,8-9,11,14H2,1-3H3. The number of amides is 1. The predicted molar refractivity (Wildman–Crippen MR) is 114 cm³/mol. The first-order valence-electron chi connectivity index (χ1n) is 10.2. The molecule has 0 saturated carbocycles. The van der Waals surface area contributed by atoms with Crippen molar-refractivity contribution in [3.63, 3.8) is 0 Å². The van der Waals surface area contributed by atoms with Crippen molar-refractivity contribution in [2.24, 2.45) is 0 Å². The number of aromatic hydroxyl groups is 2. The summed E-state index contributed by atoms with van der Waals surface area (Å²) >= 11 is 0. The number of morpholine rings is 1. The summed E-state index contributed by atoms with van der Waals surface area (Å²) in [5.74, 6) is -0.474. The molecule has 156 valence electrons. The van der Waals surface area contributed by atoms with Crippen molar-refractivity contribution in [3.8, 4) is 11.5 Å². The van der Waals surface area contributed by atoms with E-state index in [0.717, 1.165) is 30.8 Å². The Balaban J connectivity index is 1.86. The lowest BCUT2D eigenvalue weighted by molar-refractivity contribution is 0.0292. The highest BCUT2D eigenvalue weighted by Gasteiger charge is 2.23. The number of phenols is 2. The van der Waals surface area contributed by atoms with Gasteiger partial charge >= 0.3 is 0 Å².